The van der Waals surface area contributed by atoms with Crippen LogP contribution in [0.3, 0.4) is 0 Å². The standard InChI is InChI=1S/C15H14F2N2O/c1-10-4-2-5-11(8-10)9-18-15(20)19-14-12(16)6-3-7-13(14)17/h2-8H,9H2,1H3,(H2,18,19,20). The van der Waals surface area contributed by atoms with E-state index in [0.29, 0.717) is 0 Å². The average molecular weight is 276 g/mol. The summed E-state index contributed by atoms with van der Waals surface area (Å²) in [6.07, 6.45) is 0. The summed E-state index contributed by atoms with van der Waals surface area (Å²) >= 11 is 0. The number of nitrogens with one attached hydrogen (secondary N) is 2. The second kappa shape index (κ2) is 6.14. The molecular weight excluding hydrogens is 262 g/mol. The van der Waals surface area contributed by atoms with Crippen LogP contribution in [0.4, 0.5) is 19.3 Å². The molecule has 0 aliphatic rings. The first-order chi connectivity index (χ1) is 9.56. The molecule has 2 N–H and O–H groups in total. The van der Waals surface area contributed by atoms with Crippen molar-refractivity contribution < 1.29 is 13.6 Å². The van der Waals surface area contributed by atoms with Crippen molar-refractivity contribution in [2.24, 2.45) is 0 Å². The summed E-state index contributed by atoms with van der Waals surface area (Å²) in [5.41, 5.74) is 1.54. The van der Waals surface area contributed by atoms with Gasteiger partial charge in [-0.15, -0.1) is 0 Å². The summed E-state index contributed by atoms with van der Waals surface area (Å²) < 4.78 is 26.7. The van der Waals surface area contributed by atoms with Gasteiger partial charge >= 0.3 is 6.03 Å². The topological polar surface area (TPSA) is 41.1 Å². The Morgan fingerprint density at radius 1 is 1.10 bits per heavy atom. The van der Waals surface area contributed by atoms with Crippen molar-refractivity contribution in [1.82, 2.24) is 5.32 Å². The minimum Gasteiger partial charge on any atom is -0.334 e. The number of urea groups is 1. The third-order valence-corrected chi connectivity index (χ3v) is 2.74. The van der Waals surface area contributed by atoms with Crippen LogP contribution in [0.15, 0.2) is 42.5 Å². The number of anilines is 1. The Balaban J connectivity index is 1.96. The third kappa shape index (κ3) is 3.54. The number of halogens is 2. The Morgan fingerprint density at radius 2 is 1.75 bits per heavy atom. The van der Waals surface area contributed by atoms with Gasteiger partial charge in [-0.05, 0) is 24.6 Å². The van der Waals surface area contributed by atoms with Gasteiger partial charge in [-0.1, -0.05) is 35.9 Å². The highest BCUT2D eigenvalue weighted by Crippen LogP contribution is 2.17. The first-order valence-corrected chi connectivity index (χ1v) is 6.10. The SMILES string of the molecule is Cc1cccc(CNC(=O)Nc2c(F)cccc2F)c1. The predicted molar refractivity (Wildman–Crippen MR) is 73.4 cm³/mol. The average Bonchev–Trinajstić information content (AvgIpc) is 2.41. The molecular formula is C15H14F2N2O. The van der Waals surface area contributed by atoms with E-state index in [1.54, 1.807) is 0 Å². The number of hydrogen-bond acceptors (Lipinski definition) is 1. The van der Waals surface area contributed by atoms with Gasteiger partial charge < -0.3 is 10.6 Å². The molecule has 0 radical (unpaired) electrons. The summed E-state index contributed by atoms with van der Waals surface area (Å²) in [4.78, 5) is 11.6. The fourth-order valence-corrected chi connectivity index (χ4v) is 1.78. The van der Waals surface area contributed by atoms with E-state index in [0.717, 1.165) is 23.3 Å². The number of para-hydroxylation sites is 1. The van der Waals surface area contributed by atoms with E-state index >= 15 is 0 Å². The van der Waals surface area contributed by atoms with Crippen LogP contribution in [0.5, 0.6) is 0 Å². The van der Waals surface area contributed by atoms with Crippen molar-refractivity contribution in [1.29, 1.82) is 0 Å². The van der Waals surface area contributed by atoms with E-state index in [1.165, 1.54) is 6.07 Å². The molecule has 2 rings (SSSR count). The molecule has 2 aromatic rings. The highest BCUT2D eigenvalue weighted by molar-refractivity contribution is 5.89. The van der Waals surface area contributed by atoms with Crippen LogP contribution < -0.4 is 10.6 Å². The van der Waals surface area contributed by atoms with E-state index in [4.69, 9.17) is 0 Å². The lowest BCUT2D eigenvalue weighted by atomic mass is 10.1. The number of carbonyl (C=O) groups excluding carboxylic acids is 1. The molecule has 2 aromatic carbocycles. The predicted octanol–water partition coefficient (Wildman–Crippen LogP) is 3.59. The van der Waals surface area contributed by atoms with E-state index in [9.17, 15) is 13.6 Å². The number of benzene rings is 2. The van der Waals surface area contributed by atoms with Crippen molar-refractivity contribution in [3.8, 4) is 0 Å². The smallest absolute Gasteiger partial charge is 0.319 e. The molecule has 0 heterocycles. The summed E-state index contributed by atoms with van der Waals surface area (Å²) in [5, 5.41) is 4.71. The second-order valence-corrected chi connectivity index (χ2v) is 4.39. The molecule has 0 aliphatic heterocycles. The van der Waals surface area contributed by atoms with Crippen LogP contribution in [0.1, 0.15) is 11.1 Å². The first kappa shape index (κ1) is 14.0. The summed E-state index contributed by atoms with van der Waals surface area (Å²) in [5.74, 6) is -1.62. The zero-order valence-corrected chi connectivity index (χ0v) is 10.9. The van der Waals surface area contributed by atoms with Crippen LogP contribution >= 0.6 is 0 Å². The number of rotatable bonds is 3. The fourth-order valence-electron chi connectivity index (χ4n) is 1.78. The molecule has 0 bridgehead atoms. The molecule has 0 aliphatic carbocycles. The van der Waals surface area contributed by atoms with Crippen LogP contribution in [0.25, 0.3) is 0 Å². The van der Waals surface area contributed by atoms with Crippen LogP contribution in [0.2, 0.25) is 0 Å². The quantitative estimate of drug-likeness (QED) is 0.883. The van der Waals surface area contributed by atoms with Crippen LogP contribution in [-0.2, 0) is 6.54 Å². The molecule has 0 atom stereocenters. The highest BCUT2D eigenvalue weighted by atomic mass is 19.1. The maximum atomic E-state index is 13.3. The van der Waals surface area contributed by atoms with Crippen LogP contribution in [0, 0.1) is 18.6 Å². The normalized spacial score (nSPS) is 10.2. The molecule has 0 saturated heterocycles. The lowest BCUT2D eigenvalue weighted by Gasteiger charge is -2.09. The highest BCUT2D eigenvalue weighted by Gasteiger charge is 2.11. The monoisotopic (exact) mass is 276 g/mol. The molecule has 20 heavy (non-hydrogen) atoms. The Kier molecular flexibility index (Phi) is 4.30. The Morgan fingerprint density at radius 3 is 2.40 bits per heavy atom. The maximum absolute atomic E-state index is 13.3. The van der Waals surface area contributed by atoms with Crippen molar-refractivity contribution in [2.45, 2.75) is 13.5 Å². The Labute approximate surface area is 115 Å². The molecule has 3 nitrogen and oxygen atoms in total. The third-order valence-electron chi connectivity index (χ3n) is 2.74. The molecule has 5 heteroatoms. The van der Waals surface area contributed by atoms with Crippen molar-refractivity contribution in [3.05, 3.63) is 65.2 Å². The number of amides is 2. The Bertz CT molecular complexity index is 609. The van der Waals surface area contributed by atoms with E-state index < -0.39 is 23.4 Å². The van der Waals surface area contributed by atoms with Gasteiger partial charge in [0.2, 0.25) is 0 Å². The van der Waals surface area contributed by atoms with E-state index in [-0.39, 0.29) is 6.54 Å². The number of hydrogen-bond donors (Lipinski definition) is 2. The number of aryl methyl sites for hydroxylation is 1. The lowest BCUT2D eigenvalue weighted by molar-refractivity contribution is 0.251. The second-order valence-electron chi connectivity index (χ2n) is 4.39. The largest absolute Gasteiger partial charge is 0.334 e. The van der Waals surface area contributed by atoms with Crippen molar-refractivity contribution in [3.63, 3.8) is 0 Å². The summed E-state index contributed by atoms with van der Waals surface area (Å²) in [7, 11) is 0. The first-order valence-electron chi connectivity index (χ1n) is 6.10. The lowest BCUT2D eigenvalue weighted by Crippen LogP contribution is -2.29. The van der Waals surface area contributed by atoms with Gasteiger partial charge in [-0.2, -0.15) is 0 Å². The Hall–Kier alpha value is -2.43. The van der Waals surface area contributed by atoms with Gasteiger partial charge in [0.15, 0.2) is 0 Å². The molecule has 104 valence electrons. The van der Waals surface area contributed by atoms with Gasteiger partial charge in [0.1, 0.15) is 17.3 Å². The molecule has 2 amide bonds. The number of carbonyl (C=O) groups is 1. The van der Waals surface area contributed by atoms with Crippen molar-refractivity contribution in [2.75, 3.05) is 5.32 Å². The molecule has 0 fully saturated rings. The van der Waals surface area contributed by atoms with Gasteiger partial charge in [-0.25, -0.2) is 13.6 Å². The van der Waals surface area contributed by atoms with E-state index in [2.05, 4.69) is 10.6 Å². The fraction of sp³-hybridized carbons (Fsp3) is 0.133. The van der Waals surface area contributed by atoms with Crippen molar-refractivity contribution >= 4 is 11.7 Å². The summed E-state index contributed by atoms with van der Waals surface area (Å²) in [6, 6.07) is 10.3. The molecule has 0 aromatic heterocycles. The summed E-state index contributed by atoms with van der Waals surface area (Å²) in [6.45, 7) is 2.22. The zero-order valence-electron chi connectivity index (χ0n) is 10.9. The van der Waals surface area contributed by atoms with E-state index in [1.807, 2.05) is 31.2 Å². The van der Waals surface area contributed by atoms with Gasteiger partial charge in [0.05, 0.1) is 0 Å². The zero-order chi connectivity index (χ0) is 14.5. The van der Waals surface area contributed by atoms with Crippen LogP contribution in [-0.4, -0.2) is 6.03 Å². The molecule has 0 saturated carbocycles. The van der Waals surface area contributed by atoms with Gasteiger partial charge in [0, 0.05) is 6.54 Å². The minimum atomic E-state index is -0.810. The van der Waals surface area contributed by atoms with Gasteiger partial charge in [-0.3, -0.25) is 0 Å². The minimum absolute atomic E-state index is 0.281. The molecule has 0 unspecified atom stereocenters. The van der Waals surface area contributed by atoms with Gasteiger partial charge in [0.25, 0.3) is 0 Å². The maximum Gasteiger partial charge on any atom is 0.319 e. The molecule has 0 spiro atoms.